The summed E-state index contributed by atoms with van der Waals surface area (Å²) in [5, 5.41) is 20.1. The molecule has 0 spiro atoms. The number of halogens is 3. The molecule has 3 rings (SSSR count). The Morgan fingerprint density at radius 3 is 2.61 bits per heavy atom. The van der Waals surface area contributed by atoms with Crippen LogP contribution in [0.2, 0.25) is 0 Å². The van der Waals surface area contributed by atoms with Crippen molar-refractivity contribution in [1.29, 1.82) is 0 Å². The first-order valence-electron chi connectivity index (χ1n) is 7.58. The molecule has 0 aliphatic rings. The fourth-order valence-electron chi connectivity index (χ4n) is 2.32. The number of nitrogens with one attached hydrogen (secondary N) is 1. The van der Waals surface area contributed by atoms with E-state index in [0.29, 0.717) is 0 Å². The molecule has 11 heteroatoms. The van der Waals surface area contributed by atoms with Gasteiger partial charge < -0.3 is 14.5 Å². The zero-order valence-electron chi connectivity index (χ0n) is 13.7. The molecule has 2 aromatic heterocycles. The molecule has 0 saturated heterocycles. The van der Waals surface area contributed by atoms with E-state index >= 15 is 0 Å². The van der Waals surface area contributed by atoms with Crippen LogP contribution in [0.4, 0.5) is 18.9 Å². The van der Waals surface area contributed by atoms with Crippen LogP contribution in [0.5, 0.6) is 5.88 Å². The van der Waals surface area contributed by atoms with E-state index in [1.54, 1.807) is 0 Å². The van der Waals surface area contributed by atoms with Gasteiger partial charge in [0.15, 0.2) is 0 Å². The predicted molar refractivity (Wildman–Crippen MR) is 91.3 cm³/mol. The highest BCUT2D eigenvalue weighted by molar-refractivity contribution is 5.67. The van der Waals surface area contributed by atoms with Crippen LogP contribution in [0.15, 0.2) is 45.6 Å². The number of nitro groups is 1. The van der Waals surface area contributed by atoms with Crippen molar-refractivity contribution in [3.63, 3.8) is 0 Å². The molecule has 0 atom stereocenters. The maximum atomic E-state index is 12.8. The first-order chi connectivity index (χ1) is 13.1. The number of aromatic amines is 1. The third-order valence-electron chi connectivity index (χ3n) is 3.58. The maximum Gasteiger partial charge on any atom is 0.416 e. The molecule has 0 aliphatic heterocycles. The molecule has 144 valence electrons. The minimum Gasteiger partial charge on any atom is -0.488 e. The lowest BCUT2D eigenvalue weighted by Gasteiger charge is -2.07. The minimum absolute atomic E-state index is 0.176. The third kappa shape index (κ3) is 3.92. The first-order valence-corrected chi connectivity index (χ1v) is 7.58. The molecule has 0 amide bonds. The number of H-pyrrole nitrogens is 1. The maximum absolute atomic E-state index is 12.8. The number of hydrogen-bond acceptors (Lipinski definition) is 6. The van der Waals surface area contributed by atoms with Crippen molar-refractivity contribution in [3.05, 3.63) is 74.0 Å². The van der Waals surface area contributed by atoms with E-state index in [1.807, 2.05) is 0 Å². The summed E-state index contributed by atoms with van der Waals surface area (Å²) in [5.41, 5.74) is -2.82. The number of aromatic nitrogens is 2. The van der Waals surface area contributed by atoms with Crippen LogP contribution in [0.1, 0.15) is 17.1 Å². The Balaban J connectivity index is 1.86. The highest BCUT2D eigenvalue weighted by Gasteiger charge is 2.30. The lowest BCUT2D eigenvalue weighted by molar-refractivity contribution is -0.387. The number of hydrogen-bond donors (Lipinski definition) is 2. The zero-order valence-corrected chi connectivity index (χ0v) is 13.7. The number of nitrogens with zero attached hydrogens (tertiary/aromatic N) is 2. The van der Waals surface area contributed by atoms with Crippen LogP contribution in [0, 0.1) is 10.1 Å². The normalized spacial score (nSPS) is 11.8. The number of rotatable bonds is 4. The number of aromatic hydroxyl groups is 1. The van der Waals surface area contributed by atoms with E-state index in [-0.39, 0.29) is 22.9 Å². The van der Waals surface area contributed by atoms with Crippen LogP contribution >= 0.6 is 0 Å². The molecular formula is C17H10F3N3O5. The summed E-state index contributed by atoms with van der Waals surface area (Å²) in [7, 11) is 0. The van der Waals surface area contributed by atoms with E-state index in [1.165, 1.54) is 36.4 Å². The van der Waals surface area contributed by atoms with Crippen molar-refractivity contribution < 1.29 is 27.6 Å². The molecule has 8 nitrogen and oxygen atoms in total. The number of alkyl halides is 3. The molecule has 0 fully saturated rings. The van der Waals surface area contributed by atoms with Gasteiger partial charge in [-0.3, -0.25) is 14.9 Å². The molecule has 28 heavy (non-hydrogen) atoms. The van der Waals surface area contributed by atoms with Crippen molar-refractivity contribution in [1.82, 2.24) is 9.97 Å². The van der Waals surface area contributed by atoms with Crippen LogP contribution in [0.3, 0.4) is 0 Å². The quantitative estimate of drug-likeness (QED) is 0.513. The average molecular weight is 393 g/mol. The van der Waals surface area contributed by atoms with Gasteiger partial charge in [-0.25, -0.2) is 0 Å². The summed E-state index contributed by atoms with van der Waals surface area (Å²) in [6.07, 6.45) is -1.96. The molecule has 0 bridgehead atoms. The van der Waals surface area contributed by atoms with E-state index in [2.05, 4.69) is 9.97 Å². The SMILES string of the molecule is O=c1[nH]c(/C=C\c2ccc(-c3cccc(C(F)(F)F)c3)o2)nc(O)c1[N+](=O)[O-]. The van der Waals surface area contributed by atoms with Crippen molar-refractivity contribution in [3.8, 4) is 17.2 Å². The number of benzene rings is 1. The summed E-state index contributed by atoms with van der Waals surface area (Å²) in [6, 6.07) is 7.52. The number of furan rings is 1. The second-order valence-corrected chi connectivity index (χ2v) is 5.49. The van der Waals surface area contributed by atoms with Gasteiger partial charge in [0.2, 0.25) is 0 Å². The van der Waals surface area contributed by atoms with Gasteiger partial charge in [0.1, 0.15) is 17.3 Å². The Hall–Kier alpha value is -3.89. The second-order valence-electron chi connectivity index (χ2n) is 5.49. The van der Waals surface area contributed by atoms with Crippen LogP contribution in [0.25, 0.3) is 23.5 Å². The fraction of sp³-hybridized carbons (Fsp3) is 0.0588. The Labute approximate surface area is 153 Å². The van der Waals surface area contributed by atoms with Crippen molar-refractivity contribution in [2.24, 2.45) is 0 Å². The van der Waals surface area contributed by atoms with Crippen molar-refractivity contribution in [2.75, 3.05) is 0 Å². The van der Waals surface area contributed by atoms with Crippen molar-refractivity contribution in [2.45, 2.75) is 6.18 Å². The molecule has 0 aliphatic carbocycles. The van der Waals surface area contributed by atoms with E-state index < -0.39 is 33.8 Å². The summed E-state index contributed by atoms with van der Waals surface area (Å²) < 4.78 is 43.8. The van der Waals surface area contributed by atoms with Gasteiger partial charge in [-0.05, 0) is 36.4 Å². The lowest BCUT2D eigenvalue weighted by Crippen LogP contribution is -2.14. The highest BCUT2D eigenvalue weighted by Crippen LogP contribution is 2.32. The molecule has 2 heterocycles. The molecule has 3 aromatic rings. The smallest absolute Gasteiger partial charge is 0.416 e. The van der Waals surface area contributed by atoms with E-state index in [9.17, 15) is 33.2 Å². The van der Waals surface area contributed by atoms with Gasteiger partial charge in [-0.15, -0.1) is 0 Å². The highest BCUT2D eigenvalue weighted by atomic mass is 19.4. The summed E-state index contributed by atoms with van der Waals surface area (Å²) in [4.78, 5) is 26.7. The summed E-state index contributed by atoms with van der Waals surface area (Å²) >= 11 is 0. The fourth-order valence-corrected chi connectivity index (χ4v) is 2.32. The lowest BCUT2D eigenvalue weighted by atomic mass is 10.1. The molecule has 0 saturated carbocycles. The van der Waals surface area contributed by atoms with Gasteiger partial charge >= 0.3 is 17.4 Å². The van der Waals surface area contributed by atoms with E-state index in [4.69, 9.17) is 4.42 Å². The first kappa shape index (κ1) is 18.9. The Morgan fingerprint density at radius 1 is 1.21 bits per heavy atom. The van der Waals surface area contributed by atoms with Gasteiger partial charge in [-0.1, -0.05) is 12.1 Å². The Kier molecular flexibility index (Phi) is 4.74. The molecule has 0 unspecified atom stereocenters. The van der Waals surface area contributed by atoms with Gasteiger partial charge in [0.05, 0.1) is 10.5 Å². The third-order valence-corrected chi connectivity index (χ3v) is 3.58. The molecule has 2 N–H and O–H groups in total. The largest absolute Gasteiger partial charge is 0.488 e. The molecule has 1 aromatic carbocycles. The average Bonchev–Trinajstić information content (AvgIpc) is 3.07. The summed E-state index contributed by atoms with van der Waals surface area (Å²) in [6.45, 7) is 0. The summed E-state index contributed by atoms with van der Waals surface area (Å²) in [5.74, 6) is -0.825. The molecular weight excluding hydrogens is 383 g/mol. The minimum atomic E-state index is -4.49. The van der Waals surface area contributed by atoms with Gasteiger partial charge in [0, 0.05) is 5.56 Å². The Morgan fingerprint density at radius 2 is 1.96 bits per heavy atom. The van der Waals surface area contributed by atoms with E-state index in [0.717, 1.165) is 12.1 Å². The zero-order chi connectivity index (χ0) is 20.5. The second kappa shape index (κ2) is 7.02. The molecule has 0 radical (unpaired) electrons. The van der Waals surface area contributed by atoms with Crippen LogP contribution < -0.4 is 5.56 Å². The van der Waals surface area contributed by atoms with Crippen LogP contribution in [-0.4, -0.2) is 20.0 Å². The standard InChI is InChI=1S/C17H10F3N3O5/c18-17(19,20)10-3-1-2-9(8-10)12-6-4-11(28-12)5-7-13-21-15(24)14(23(26)27)16(25)22-13/h1-8H,(H2,21,22,24,25)/b7-5-. The van der Waals surface area contributed by atoms with Gasteiger partial charge in [0.25, 0.3) is 5.88 Å². The Bertz CT molecular complexity index is 1130. The topological polar surface area (TPSA) is 122 Å². The monoisotopic (exact) mass is 393 g/mol. The van der Waals surface area contributed by atoms with Crippen molar-refractivity contribution >= 4 is 17.8 Å². The van der Waals surface area contributed by atoms with Gasteiger partial charge in [-0.2, -0.15) is 18.2 Å². The van der Waals surface area contributed by atoms with Crippen LogP contribution in [-0.2, 0) is 6.18 Å². The predicted octanol–water partition coefficient (Wildman–Crippen LogP) is 3.83.